The number of aliphatic hydroxyl groups is 1. The Morgan fingerprint density at radius 2 is 1.17 bits per heavy atom. The van der Waals surface area contributed by atoms with Crippen molar-refractivity contribution < 1.29 is 29.0 Å². The first kappa shape index (κ1) is 29.3. The van der Waals surface area contributed by atoms with Crippen LogP contribution in [0.3, 0.4) is 0 Å². The molecule has 2 aliphatic heterocycles. The van der Waals surface area contributed by atoms with Gasteiger partial charge in [-0.3, -0.25) is 14.5 Å². The average molecular weight is 511 g/mol. The Morgan fingerprint density at radius 3 is 1.53 bits per heavy atom. The van der Waals surface area contributed by atoms with Gasteiger partial charge in [0.05, 0.1) is 44.4 Å². The van der Waals surface area contributed by atoms with Crippen molar-refractivity contribution in [3.63, 3.8) is 0 Å². The van der Waals surface area contributed by atoms with Crippen LogP contribution in [0.15, 0.2) is 0 Å². The number of hydroxylamine groups is 2. The van der Waals surface area contributed by atoms with Crippen LogP contribution in [-0.4, -0.2) is 76.2 Å². The van der Waals surface area contributed by atoms with Gasteiger partial charge in [0.2, 0.25) is 0 Å². The van der Waals surface area contributed by atoms with E-state index in [0.717, 1.165) is 25.7 Å². The van der Waals surface area contributed by atoms with Crippen molar-refractivity contribution in [1.29, 1.82) is 0 Å². The number of carbonyl (C=O) groups excluding carboxylic acids is 2. The SMILES string of the molecule is CON1C(C)(C)CC(C(=O)OCC2CCC(COC(=O)C3CC(C)(C)N(CO)C3(C)C)CC2)C1(C)C. The third-order valence-electron chi connectivity index (χ3n) is 9.39. The fourth-order valence-electron chi connectivity index (χ4n) is 7.35. The highest BCUT2D eigenvalue weighted by atomic mass is 16.7. The Balaban J connectivity index is 1.42. The van der Waals surface area contributed by atoms with Crippen LogP contribution in [0, 0.1) is 23.7 Å². The quantitative estimate of drug-likeness (QED) is 0.487. The number of likely N-dealkylation sites (tertiary alicyclic amines) is 1. The number of hydrogen-bond donors (Lipinski definition) is 1. The zero-order valence-electron chi connectivity index (χ0n) is 24.1. The van der Waals surface area contributed by atoms with Gasteiger partial charge < -0.3 is 19.4 Å². The van der Waals surface area contributed by atoms with E-state index in [1.54, 1.807) is 7.11 Å². The second kappa shape index (κ2) is 10.5. The molecule has 2 unspecified atom stereocenters. The van der Waals surface area contributed by atoms with Gasteiger partial charge in [-0.1, -0.05) is 0 Å². The number of esters is 2. The predicted molar refractivity (Wildman–Crippen MR) is 138 cm³/mol. The Kier molecular flexibility index (Phi) is 8.56. The summed E-state index contributed by atoms with van der Waals surface area (Å²) in [5.74, 6) is -0.0826. The van der Waals surface area contributed by atoms with Crippen LogP contribution < -0.4 is 0 Å². The fraction of sp³-hybridized carbons (Fsp3) is 0.929. The Bertz CT molecular complexity index is 734. The third kappa shape index (κ3) is 5.62. The van der Waals surface area contributed by atoms with Gasteiger partial charge >= 0.3 is 11.9 Å². The lowest BCUT2D eigenvalue weighted by molar-refractivity contribution is -0.225. The third-order valence-corrected chi connectivity index (χ3v) is 9.39. The van der Waals surface area contributed by atoms with E-state index in [1.807, 2.05) is 37.7 Å². The number of carbonyl (C=O) groups is 2. The molecule has 0 aromatic heterocycles. The Labute approximate surface area is 218 Å². The maximum Gasteiger partial charge on any atom is 0.310 e. The molecular formula is C28H50N2O6. The van der Waals surface area contributed by atoms with Crippen LogP contribution in [0.25, 0.3) is 0 Å². The topological polar surface area (TPSA) is 88.5 Å². The van der Waals surface area contributed by atoms with E-state index in [2.05, 4.69) is 27.7 Å². The van der Waals surface area contributed by atoms with E-state index in [0.29, 0.717) is 37.9 Å². The lowest BCUT2D eigenvalue weighted by Gasteiger charge is -2.39. The molecule has 0 bridgehead atoms. The minimum atomic E-state index is -0.444. The van der Waals surface area contributed by atoms with Crippen LogP contribution in [0.2, 0.25) is 0 Å². The molecule has 1 aliphatic carbocycles. The predicted octanol–water partition coefficient (Wildman–Crippen LogP) is 4.15. The average Bonchev–Trinajstić information content (AvgIpc) is 3.10. The Morgan fingerprint density at radius 1 is 0.750 bits per heavy atom. The molecule has 0 amide bonds. The maximum absolute atomic E-state index is 13.0. The zero-order valence-corrected chi connectivity index (χ0v) is 24.1. The molecule has 0 radical (unpaired) electrons. The monoisotopic (exact) mass is 510 g/mol. The minimum Gasteiger partial charge on any atom is -0.465 e. The lowest BCUT2D eigenvalue weighted by atomic mass is 9.82. The number of ether oxygens (including phenoxy) is 2. The van der Waals surface area contributed by atoms with Gasteiger partial charge in [0.1, 0.15) is 0 Å². The summed E-state index contributed by atoms with van der Waals surface area (Å²) in [7, 11) is 1.66. The second-order valence-corrected chi connectivity index (χ2v) is 13.6. The van der Waals surface area contributed by atoms with Crippen molar-refractivity contribution in [2.45, 2.75) is 116 Å². The van der Waals surface area contributed by atoms with Crippen LogP contribution in [0.5, 0.6) is 0 Å². The first-order valence-electron chi connectivity index (χ1n) is 13.6. The van der Waals surface area contributed by atoms with Crippen LogP contribution in [0.4, 0.5) is 0 Å². The number of hydrogen-bond acceptors (Lipinski definition) is 8. The minimum absolute atomic E-state index is 0.0704. The van der Waals surface area contributed by atoms with Crippen molar-refractivity contribution in [3.05, 3.63) is 0 Å². The summed E-state index contributed by atoms with van der Waals surface area (Å²) in [6.07, 6.45) is 5.26. The summed E-state index contributed by atoms with van der Waals surface area (Å²) in [4.78, 5) is 33.5. The second-order valence-electron chi connectivity index (χ2n) is 13.6. The van der Waals surface area contributed by atoms with E-state index in [-0.39, 0.29) is 41.6 Å². The molecule has 2 saturated heterocycles. The largest absolute Gasteiger partial charge is 0.465 e. The summed E-state index contributed by atoms with van der Waals surface area (Å²) < 4.78 is 11.6. The van der Waals surface area contributed by atoms with Crippen molar-refractivity contribution >= 4 is 11.9 Å². The molecule has 3 fully saturated rings. The van der Waals surface area contributed by atoms with Gasteiger partial charge in [0.15, 0.2) is 0 Å². The molecule has 0 aromatic carbocycles. The van der Waals surface area contributed by atoms with E-state index >= 15 is 0 Å². The highest BCUT2D eigenvalue weighted by Crippen LogP contribution is 2.46. The summed E-state index contributed by atoms with van der Waals surface area (Å²) in [5.41, 5.74) is -1.34. The molecule has 1 N–H and O–H groups in total. The van der Waals surface area contributed by atoms with E-state index < -0.39 is 11.1 Å². The molecule has 2 atom stereocenters. The fourth-order valence-corrected chi connectivity index (χ4v) is 7.35. The van der Waals surface area contributed by atoms with Gasteiger partial charge in [-0.05, 0) is 106 Å². The molecule has 208 valence electrons. The molecule has 36 heavy (non-hydrogen) atoms. The van der Waals surface area contributed by atoms with Crippen molar-refractivity contribution in [2.75, 3.05) is 27.1 Å². The van der Waals surface area contributed by atoms with Crippen molar-refractivity contribution in [1.82, 2.24) is 9.96 Å². The molecule has 1 saturated carbocycles. The number of aliphatic hydroxyl groups excluding tert-OH is 1. The zero-order chi connectivity index (χ0) is 27.1. The molecule has 0 spiro atoms. The molecule has 3 rings (SSSR count). The highest BCUT2D eigenvalue weighted by molar-refractivity contribution is 5.75. The first-order valence-corrected chi connectivity index (χ1v) is 13.6. The van der Waals surface area contributed by atoms with Crippen molar-refractivity contribution in [2.24, 2.45) is 23.7 Å². The molecule has 8 heteroatoms. The van der Waals surface area contributed by atoms with Gasteiger partial charge in [-0.25, -0.2) is 0 Å². The standard InChI is InChI=1S/C28H50N2O6/c1-25(2)14-21(27(5,6)29(25)18-31)23(32)35-16-19-10-12-20(13-11-19)17-36-24(33)22-15-26(3,4)30(34-9)28(22,7)8/h19-22,31H,10-18H2,1-9H3. The maximum atomic E-state index is 13.0. The summed E-state index contributed by atoms with van der Waals surface area (Å²) in [5, 5.41) is 11.8. The summed E-state index contributed by atoms with van der Waals surface area (Å²) >= 11 is 0. The van der Waals surface area contributed by atoms with Crippen LogP contribution in [0.1, 0.15) is 93.9 Å². The molecule has 8 nitrogen and oxygen atoms in total. The summed E-state index contributed by atoms with van der Waals surface area (Å²) in [6, 6.07) is 0. The van der Waals surface area contributed by atoms with Crippen LogP contribution in [-0.2, 0) is 23.9 Å². The van der Waals surface area contributed by atoms with E-state index in [9.17, 15) is 14.7 Å². The highest BCUT2D eigenvalue weighted by Gasteiger charge is 2.56. The van der Waals surface area contributed by atoms with E-state index in [1.165, 1.54) is 0 Å². The molecule has 3 aliphatic rings. The van der Waals surface area contributed by atoms with Gasteiger partial charge in [0.25, 0.3) is 0 Å². The summed E-state index contributed by atoms with van der Waals surface area (Å²) in [6.45, 7) is 17.2. The van der Waals surface area contributed by atoms with Gasteiger partial charge in [-0.2, -0.15) is 5.06 Å². The first-order chi connectivity index (χ1) is 16.6. The smallest absolute Gasteiger partial charge is 0.310 e. The molecule has 0 aromatic rings. The Hall–Kier alpha value is -1.22. The number of rotatable bonds is 8. The van der Waals surface area contributed by atoms with Crippen molar-refractivity contribution in [3.8, 4) is 0 Å². The van der Waals surface area contributed by atoms with Gasteiger partial charge in [0, 0.05) is 16.6 Å². The lowest BCUT2D eigenvalue weighted by Crippen LogP contribution is -2.51. The number of nitrogens with zero attached hydrogens (tertiary/aromatic N) is 2. The van der Waals surface area contributed by atoms with E-state index in [4.69, 9.17) is 14.3 Å². The molecule has 2 heterocycles. The molecular weight excluding hydrogens is 460 g/mol. The normalized spacial score (nSPS) is 33.4. The van der Waals surface area contributed by atoms with Crippen LogP contribution >= 0.6 is 0 Å². The van der Waals surface area contributed by atoms with Gasteiger partial charge in [-0.15, -0.1) is 0 Å².